The van der Waals surface area contributed by atoms with Crippen molar-refractivity contribution in [3.8, 4) is 5.75 Å². The Balaban J connectivity index is 1.74. The van der Waals surface area contributed by atoms with E-state index < -0.39 is 6.04 Å². The molecule has 1 aromatic carbocycles. The third kappa shape index (κ3) is 7.15. The Bertz CT molecular complexity index is 609. The van der Waals surface area contributed by atoms with Gasteiger partial charge in [-0.15, -0.1) is 0 Å². The molecule has 1 aromatic rings. The zero-order valence-corrected chi connectivity index (χ0v) is 17.3. The van der Waals surface area contributed by atoms with Crippen LogP contribution in [0.1, 0.15) is 62.7 Å². The van der Waals surface area contributed by atoms with Crippen LogP contribution in [-0.4, -0.2) is 44.2 Å². The van der Waals surface area contributed by atoms with Crippen LogP contribution in [0.25, 0.3) is 0 Å². The summed E-state index contributed by atoms with van der Waals surface area (Å²) < 4.78 is 11.0. The molecule has 0 aliphatic heterocycles. The minimum absolute atomic E-state index is 0.0133. The zero-order chi connectivity index (χ0) is 20.4. The van der Waals surface area contributed by atoms with E-state index in [0.29, 0.717) is 30.6 Å². The van der Waals surface area contributed by atoms with Crippen molar-refractivity contribution in [2.45, 2.75) is 64.5 Å². The van der Waals surface area contributed by atoms with Crippen LogP contribution in [-0.2, 0) is 9.53 Å². The molecule has 1 saturated carbocycles. The molecule has 2 rings (SSSR count). The number of rotatable bonds is 10. The van der Waals surface area contributed by atoms with Crippen LogP contribution in [0.5, 0.6) is 5.75 Å². The number of nitrogens with one attached hydrogen (secondary N) is 2. The van der Waals surface area contributed by atoms with Gasteiger partial charge in [0.25, 0.3) is 5.91 Å². The van der Waals surface area contributed by atoms with Gasteiger partial charge in [0.05, 0.1) is 13.2 Å². The first-order valence-electron chi connectivity index (χ1n) is 10.4. The van der Waals surface area contributed by atoms with E-state index >= 15 is 0 Å². The fraction of sp³-hybridized carbons (Fsp3) is 0.636. The van der Waals surface area contributed by atoms with Crippen molar-refractivity contribution in [1.29, 1.82) is 0 Å². The van der Waals surface area contributed by atoms with Gasteiger partial charge in [0.15, 0.2) is 0 Å². The van der Waals surface area contributed by atoms with Crippen LogP contribution >= 0.6 is 0 Å². The van der Waals surface area contributed by atoms with E-state index in [0.717, 1.165) is 19.3 Å². The molecule has 6 heteroatoms. The lowest BCUT2D eigenvalue weighted by molar-refractivity contribution is -0.124. The summed E-state index contributed by atoms with van der Waals surface area (Å²) in [5.74, 6) is 0.248. The van der Waals surface area contributed by atoms with Gasteiger partial charge < -0.3 is 20.1 Å². The van der Waals surface area contributed by atoms with Crippen LogP contribution < -0.4 is 15.4 Å². The fourth-order valence-corrected chi connectivity index (χ4v) is 3.38. The van der Waals surface area contributed by atoms with Gasteiger partial charge in [-0.05, 0) is 49.4 Å². The van der Waals surface area contributed by atoms with E-state index in [-0.39, 0.29) is 17.7 Å². The summed E-state index contributed by atoms with van der Waals surface area (Å²) in [6.45, 7) is 5.05. The highest BCUT2D eigenvalue weighted by molar-refractivity contribution is 5.97. The molecule has 0 heterocycles. The predicted molar refractivity (Wildman–Crippen MR) is 110 cm³/mol. The molecule has 0 radical (unpaired) electrons. The highest BCUT2D eigenvalue weighted by Gasteiger charge is 2.24. The molecule has 1 aliphatic carbocycles. The third-order valence-electron chi connectivity index (χ3n) is 5.11. The molecule has 1 atom stereocenters. The van der Waals surface area contributed by atoms with Crippen LogP contribution in [0.3, 0.4) is 0 Å². The second-order valence-corrected chi connectivity index (χ2v) is 7.70. The number of ether oxygens (including phenoxy) is 2. The Morgan fingerprint density at radius 1 is 1.11 bits per heavy atom. The first kappa shape index (κ1) is 22.2. The second-order valence-electron chi connectivity index (χ2n) is 7.70. The molecule has 0 spiro atoms. The van der Waals surface area contributed by atoms with Gasteiger partial charge in [-0.3, -0.25) is 9.59 Å². The van der Waals surface area contributed by atoms with Crippen molar-refractivity contribution in [1.82, 2.24) is 10.6 Å². The number of hydrogen-bond acceptors (Lipinski definition) is 4. The average Bonchev–Trinajstić information content (AvgIpc) is 2.72. The van der Waals surface area contributed by atoms with Crippen LogP contribution in [0.2, 0.25) is 0 Å². The highest BCUT2D eigenvalue weighted by Crippen LogP contribution is 2.20. The van der Waals surface area contributed by atoms with Crippen molar-refractivity contribution in [3.05, 3.63) is 29.8 Å². The van der Waals surface area contributed by atoms with Gasteiger partial charge in [0, 0.05) is 18.7 Å². The standard InChI is InChI=1S/C22H34N2O4/c1-16(2)20(24-21(25)17-10-12-18(27-3)13-11-17)22(26)23-14-7-15-28-19-8-5-4-6-9-19/h10-13,16,19-20H,4-9,14-15H2,1-3H3,(H,23,26)(H,24,25)/t20-/m1/s1. The predicted octanol–water partition coefficient (Wildman–Crippen LogP) is 3.31. The highest BCUT2D eigenvalue weighted by atomic mass is 16.5. The number of carbonyl (C=O) groups is 2. The zero-order valence-electron chi connectivity index (χ0n) is 17.3. The quantitative estimate of drug-likeness (QED) is 0.601. The van der Waals surface area contributed by atoms with Gasteiger partial charge in [-0.25, -0.2) is 0 Å². The number of benzene rings is 1. The molecule has 0 aromatic heterocycles. The summed E-state index contributed by atoms with van der Waals surface area (Å²) in [5.41, 5.74) is 0.500. The van der Waals surface area contributed by atoms with E-state index in [2.05, 4.69) is 10.6 Å². The first-order valence-corrected chi connectivity index (χ1v) is 10.4. The Labute approximate surface area is 168 Å². The Kier molecular flexibility index (Phi) is 9.28. The Hall–Kier alpha value is -2.08. The number of methoxy groups -OCH3 is 1. The Morgan fingerprint density at radius 2 is 1.79 bits per heavy atom. The first-order chi connectivity index (χ1) is 13.5. The molecular weight excluding hydrogens is 356 g/mol. The molecule has 0 unspecified atom stereocenters. The fourth-order valence-electron chi connectivity index (χ4n) is 3.38. The molecule has 2 N–H and O–H groups in total. The lowest BCUT2D eigenvalue weighted by Gasteiger charge is -2.23. The van der Waals surface area contributed by atoms with E-state index in [1.807, 2.05) is 13.8 Å². The number of carbonyl (C=O) groups excluding carboxylic acids is 2. The maximum atomic E-state index is 12.5. The summed E-state index contributed by atoms with van der Waals surface area (Å²) in [6, 6.07) is 6.25. The average molecular weight is 391 g/mol. The third-order valence-corrected chi connectivity index (χ3v) is 5.11. The summed E-state index contributed by atoms with van der Waals surface area (Å²) in [6.07, 6.45) is 7.29. The minimum Gasteiger partial charge on any atom is -0.497 e. The van der Waals surface area contributed by atoms with E-state index in [1.54, 1.807) is 31.4 Å². The van der Waals surface area contributed by atoms with E-state index in [4.69, 9.17) is 9.47 Å². The van der Waals surface area contributed by atoms with Gasteiger partial charge in [0.1, 0.15) is 11.8 Å². The summed E-state index contributed by atoms with van der Waals surface area (Å²) >= 11 is 0. The van der Waals surface area contributed by atoms with Crippen LogP contribution in [0.4, 0.5) is 0 Å². The van der Waals surface area contributed by atoms with Crippen molar-refractivity contribution in [2.75, 3.05) is 20.3 Å². The molecule has 0 bridgehead atoms. The minimum atomic E-state index is -0.575. The van der Waals surface area contributed by atoms with Crippen LogP contribution in [0.15, 0.2) is 24.3 Å². The van der Waals surface area contributed by atoms with Crippen LogP contribution in [0, 0.1) is 5.92 Å². The maximum absolute atomic E-state index is 12.5. The molecule has 2 amide bonds. The largest absolute Gasteiger partial charge is 0.497 e. The summed E-state index contributed by atoms with van der Waals surface area (Å²) in [7, 11) is 1.58. The molecule has 0 saturated heterocycles. The second kappa shape index (κ2) is 11.7. The molecule has 1 fully saturated rings. The van der Waals surface area contributed by atoms with Gasteiger partial charge in [0.2, 0.25) is 5.91 Å². The van der Waals surface area contributed by atoms with Crippen molar-refractivity contribution >= 4 is 11.8 Å². The molecular formula is C22H34N2O4. The number of hydrogen-bond donors (Lipinski definition) is 2. The molecule has 6 nitrogen and oxygen atoms in total. The molecule has 156 valence electrons. The van der Waals surface area contributed by atoms with Gasteiger partial charge in [-0.2, -0.15) is 0 Å². The topological polar surface area (TPSA) is 76.7 Å². The Morgan fingerprint density at radius 3 is 2.39 bits per heavy atom. The molecule has 1 aliphatic rings. The normalized spacial score (nSPS) is 15.9. The SMILES string of the molecule is COc1ccc(C(=O)N[C@@H](C(=O)NCCCOC2CCCCC2)C(C)C)cc1. The lowest BCUT2D eigenvalue weighted by atomic mass is 9.98. The number of amides is 2. The maximum Gasteiger partial charge on any atom is 0.251 e. The van der Waals surface area contributed by atoms with Crippen molar-refractivity contribution < 1.29 is 19.1 Å². The van der Waals surface area contributed by atoms with Gasteiger partial charge >= 0.3 is 0 Å². The summed E-state index contributed by atoms with van der Waals surface area (Å²) in [5, 5.41) is 5.76. The van der Waals surface area contributed by atoms with E-state index in [1.165, 1.54) is 19.3 Å². The monoisotopic (exact) mass is 390 g/mol. The smallest absolute Gasteiger partial charge is 0.251 e. The van der Waals surface area contributed by atoms with E-state index in [9.17, 15) is 9.59 Å². The van der Waals surface area contributed by atoms with Crippen molar-refractivity contribution in [2.24, 2.45) is 5.92 Å². The van der Waals surface area contributed by atoms with Crippen molar-refractivity contribution in [3.63, 3.8) is 0 Å². The summed E-state index contributed by atoms with van der Waals surface area (Å²) in [4.78, 5) is 25.0. The van der Waals surface area contributed by atoms with Gasteiger partial charge in [-0.1, -0.05) is 33.1 Å². The lowest BCUT2D eigenvalue weighted by Crippen LogP contribution is -2.50. The molecule has 28 heavy (non-hydrogen) atoms.